The Morgan fingerprint density at radius 1 is 1.26 bits per heavy atom. The van der Waals surface area contributed by atoms with Crippen LogP contribution in [0, 0.1) is 5.92 Å². The molecule has 2 atom stereocenters. The van der Waals surface area contributed by atoms with Gasteiger partial charge < -0.3 is 10.4 Å². The van der Waals surface area contributed by atoms with Gasteiger partial charge in [0.15, 0.2) is 0 Å². The lowest BCUT2D eigenvalue weighted by Crippen LogP contribution is -2.39. The zero-order valence-corrected chi connectivity index (χ0v) is 12.1. The van der Waals surface area contributed by atoms with E-state index in [9.17, 15) is 9.90 Å². The van der Waals surface area contributed by atoms with Crippen LogP contribution in [0.1, 0.15) is 45.1 Å². The zero-order valence-electron chi connectivity index (χ0n) is 12.1. The number of aliphatic carboxylic acids is 1. The predicted molar refractivity (Wildman–Crippen MR) is 78.4 cm³/mol. The molecule has 3 nitrogen and oxygen atoms in total. The van der Waals surface area contributed by atoms with Crippen LogP contribution in [0.25, 0.3) is 0 Å². The maximum Gasteiger partial charge on any atom is 0.320 e. The summed E-state index contributed by atoms with van der Waals surface area (Å²) in [6.45, 7) is 6.94. The highest BCUT2D eigenvalue weighted by molar-refractivity contribution is 5.73. The molecule has 0 aliphatic rings. The van der Waals surface area contributed by atoms with E-state index in [4.69, 9.17) is 0 Å². The van der Waals surface area contributed by atoms with E-state index in [1.165, 1.54) is 5.56 Å². The van der Waals surface area contributed by atoms with Crippen LogP contribution in [-0.2, 0) is 4.79 Å². The first-order valence-electron chi connectivity index (χ1n) is 7.05. The highest BCUT2D eigenvalue weighted by Crippen LogP contribution is 2.18. The average Bonchev–Trinajstić information content (AvgIpc) is 2.38. The first kappa shape index (κ1) is 15.7. The van der Waals surface area contributed by atoms with E-state index < -0.39 is 12.0 Å². The Morgan fingerprint density at radius 3 is 2.37 bits per heavy atom. The van der Waals surface area contributed by atoms with E-state index in [-0.39, 0.29) is 0 Å². The van der Waals surface area contributed by atoms with Crippen molar-refractivity contribution in [2.45, 2.75) is 45.6 Å². The number of carboxylic acid groups (broad SMARTS) is 1. The maximum atomic E-state index is 11.2. The van der Waals surface area contributed by atoms with Gasteiger partial charge >= 0.3 is 5.97 Å². The Labute approximate surface area is 116 Å². The molecular weight excluding hydrogens is 238 g/mol. The zero-order chi connectivity index (χ0) is 14.3. The molecule has 0 aliphatic heterocycles. The third-order valence-corrected chi connectivity index (χ3v) is 3.38. The van der Waals surface area contributed by atoms with Crippen LogP contribution in [0.15, 0.2) is 30.3 Å². The minimum absolute atomic E-state index is 0.371. The van der Waals surface area contributed by atoms with Gasteiger partial charge in [-0.05, 0) is 30.2 Å². The van der Waals surface area contributed by atoms with E-state index in [1.54, 1.807) is 0 Å². The summed E-state index contributed by atoms with van der Waals surface area (Å²) in [5.41, 5.74) is 1.27. The molecule has 3 heteroatoms. The van der Waals surface area contributed by atoms with Crippen LogP contribution in [0.4, 0.5) is 0 Å². The second kappa shape index (κ2) is 7.95. The standard InChI is InChI=1S/C16H25NO2/c1-4-13(14-8-6-5-7-9-14)11-17-15(16(18)19)10-12(2)3/h5-9,12-13,15,17H,4,10-11H2,1-3H3,(H,18,19). The molecule has 1 aromatic carbocycles. The molecule has 2 N–H and O–H groups in total. The van der Waals surface area contributed by atoms with Crippen molar-refractivity contribution >= 4 is 5.97 Å². The lowest BCUT2D eigenvalue weighted by molar-refractivity contribution is -0.139. The number of carbonyl (C=O) groups is 1. The lowest BCUT2D eigenvalue weighted by atomic mass is 9.95. The van der Waals surface area contributed by atoms with Gasteiger partial charge in [-0.1, -0.05) is 51.1 Å². The number of rotatable bonds is 8. The molecule has 19 heavy (non-hydrogen) atoms. The van der Waals surface area contributed by atoms with Gasteiger partial charge in [0.25, 0.3) is 0 Å². The number of carboxylic acids is 1. The molecule has 0 spiro atoms. The molecule has 0 heterocycles. The largest absolute Gasteiger partial charge is 0.480 e. The van der Waals surface area contributed by atoms with Crippen molar-refractivity contribution < 1.29 is 9.90 Å². The van der Waals surface area contributed by atoms with Crippen molar-refractivity contribution in [3.63, 3.8) is 0 Å². The minimum Gasteiger partial charge on any atom is -0.480 e. The van der Waals surface area contributed by atoms with E-state index in [0.29, 0.717) is 24.8 Å². The Bertz CT molecular complexity index is 376. The Morgan fingerprint density at radius 2 is 1.89 bits per heavy atom. The van der Waals surface area contributed by atoms with Crippen LogP contribution >= 0.6 is 0 Å². The highest BCUT2D eigenvalue weighted by atomic mass is 16.4. The van der Waals surface area contributed by atoms with Gasteiger partial charge in [-0.25, -0.2) is 0 Å². The van der Waals surface area contributed by atoms with Gasteiger partial charge in [-0.2, -0.15) is 0 Å². The fourth-order valence-corrected chi connectivity index (χ4v) is 2.25. The van der Waals surface area contributed by atoms with Crippen molar-refractivity contribution in [2.24, 2.45) is 5.92 Å². The SMILES string of the molecule is CCC(CNC(CC(C)C)C(=O)O)c1ccccc1. The molecule has 0 saturated carbocycles. The fourth-order valence-electron chi connectivity index (χ4n) is 2.25. The molecule has 0 aliphatic carbocycles. The number of hydrogen-bond acceptors (Lipinski definition) is 2. The molecule has 0 radical (unpaired) electrons. The Hall–Kier alpha value is -1.35. The summed E-state index contributed by atoms with van der Waals surface area (Å²) >= 11 is 0. The molecule has 106 valence electrons. The van der Waals surface area contributed by atoms with E-state index in [1.807, 2.05) is 32.0 Å². The maximum absolute atomic E-state index is 11.2. The van der Waals surface area contributed by atoms with Crippen molar-refractivity contribution in [1.82, 2.24) is 5.32 Å². The summed E-state index contributed by atoms with van der Waals surface area (Å²) < 4.78 is 0. The van der Waals surface area contributed by atoms with Crippen molar-refractivity contribution in [3.05, 3.63) is 35.9 Å². The van der Waals surface area contributed by atoms with Gasteiger partial charge in [0.1, 0.15) is 6.04 Å². The molecule has 0 aromatic heterocycles. The normalized spacial score (nSPS) is 14.3. The Balaban J connectivity index is 2.59. The molecule has 0 amide bonds. The smallest absolute Gasteiger partial charge is 0.320 e. The van der Waals surface area contributed by atoms with Crippen molar-refractivity contribution in [1.29, 1.82) is 0 Å². The fraction of sp³-hybridized carbons (Fsp3) is 0.562. The Kier molecular flexibility index (Phi) is 6.57. The summed E-state index contributed by atoms with van der Waals surface area (Å²) in [4.78, 5) is 11.2. The van der Waals surface area contributed by atoms with Crippen LogP contribution in [-0.4, -0.2) is 23.7 Å². The molecule has 0 saturated heterocycles. The van der Waals surface area contributed by atoms with E-state index in [0.717, 1.165) is 6.42 Å². The lowest BCUT2D eigenvalue weighted by Gasteiger charge is -2.21. The van der Waals surface area contributed by atoms with Gasteiger partial charge in [0, 0.05) is 6.54 Å². The third kappa shape index (κ3) is 5.43. The van der Waals surface area contributed by atoms with E-state index in [2.05, 4.69) is 24.4 Å². The average molecular weight is 263 g/mol. The molecule has 0 fully saturated rings. The molecular formula is C16H25NO2. The van der Waals surface area contributed by atoms with Crippen LogP contribution in [0.5, 0.6) is 0 Å². The van der Waals surface area contributed by atoms with Crippen LogP contribution in [0.2, 0.25) is 0 Å². The van der Waals surface area contributed by atoms with Crippen LogP contribution in [0.3, 0.4) is 0 Å². The van der Waals surface area contributed by atoms with Crippen molar-refractivity contribution in [2.75, 3.05) is 6.54 Å². The first-order chi connectivity index (χ1) is 9.04. The summed E-state index contributed by atoms with van der Waals surface area (Å²) in [5.74, 6) is -0.00257. The molecule has 0 bridgehead atoms. The molecule has 1 aromatic rings. The van der Waals surface area contributed by atoms with Crippen molar-refractivity contribution in [3.8, 4) is 0 Å². The number of benzene rings is 1. The van der Waals surface area contributed by atoms with Gasteiger partial charge in [0.05, 0.1) is 0 Å². The van der Waals surface area contributed by atoms with Gasteiger partial charge in [-0.15, -0.1) is 0 Å². The molecule has 2 unspecified atom stereocenters. The second-order valence-corrected chi connectivity index (χ2v) is 5.44. The summed E-state index contributed by atoms with van der Waals surface area (Å²) in [7, 11) is 0. The first-order valence-corrected chi connectivity index (χ1v) is 7.05. The summed E-state index contributed by atoms with van der Waals surface area (Å²) in [6, 6.07) is 9.82. The van der Waals surface area contributed by atoms with Gasteiger partial charge in [0.2, 0.25) is 0 Å². The van der Waals surface area contributed by atoms with Crippen LogP contribution < -0.4 is 5.32 Å². The molecule has 1 rings (SSSR count). The quantitative estimate of drug-likeness (QED) is 0.757. The highest BCUT2D eigenvalue weighted by Gasteiger charge is 2.20. The second-order valence-electron chi connectivity index (χ2n) is 5.44. The number of hydrogen-bond donors (Lipinski definition) is 2. The summed E-state index contributed by atoms with van der Waals surface area (Å²) in [5, 5.41) is 12.4. The predicted octanol–water partition coefficient (Wildman–Crippen LogP) is 3.27. The van der Waals surface area contributed by atoms with E-state index >= 15 is 0 Å². The number of nitrogens with one attached hydrogen (secondary N) is 1. The van der Waals surface area contributed by atoms with Gasteiger partial charge in [-0.3, -0.25) is 4.79 Å². The summed E-state index contributed by atoms with van der Waals surface area (Å²) in [6.07, 6.45) is 1.67. The minimum atomic E-state index is -0.753. The monoisotopic (exact) mass is 263 g/mol. The topological polar surface area (TPSA) is 49.3 Å². The third-order valence-electron chi connectivity index (χ3n) is 3.38.